The van der Waals surface area contributed by atoms with Crippen molar-refractivity contribution in [3.8, 4) is 0 Å². The van der Waals surface area contributed by atoms with Gasteiger partial charge in [0.25, 0.3) is 0 Å². The zero-order valence-electron chi connectivity index (χ0n) is 12.0. The topological polar surface area (TPSA) is 98.9 Å². The Labute approximate surface area is 122 Å². The Morgan fingerprint density at radius 3 is 1.86 bits per heavy atom. The van der Waals surface area contributed by atoms with E-state index < -0.39 is 17.8 Å². The smallest absolute Gasteiger partial charge is 0.319 e. The van der Waals surface area contributed by atoms with Gasteiger partial charge in [-0.2, -0.15) is 0 Å². The first-order valence-corrected chi connectivity index (χ1v) is 6.21. The van der Waals surface area contributed by atoms with Crippen molar-refractivity contribution < 1.29 is 23.9 Å². The third kappa shape index (κ3) is 5.62. The molecule has 0 aliphatic heterocycles. The van der Waals surface area contributed by atoms with Crippen LogP contribution in [0.15, 0.2) is 24.3 Å². The average Bonchev–Trinajstić information content (AvgIpc) is 2.47. The maximum absolute atomic E-state index is 11.3. The van der Waals surface area contributed by atoms with Crippen LogP contribution in [0.1, 0.15) is 15.9 Å². The van der Waals surface area contributed by atoms with E-state index >= 15 is 0 Å². The Morgan fingerprint density at radius 2 is 1.48 bits per heavy atom. The lowest BCUT2D eigenvalue weighted by Crippen LogP contribution is -2.35. The van der Waals surface area contributed by atoms with Crippen molar-refractivity contribution in [3.05, 3.63) is 35.4 Å². The van der Waals surface area contributed by atoms with Crippen LogP contribution in [0.4, 0.5) is 0 Å². The van der Waals surface area contributed by atoms with Crippen molar-refractivity contribution in [1.29, 1.82) is 0 Å². The fourth-order valence-electron chi connectivity index (χ4n) is 1.69. The molecule has 0 aromatic heterocycles. The molecule has 1 aromatic rings. The van der Waals surface area contributed by atoms with Gasteiger partial charge in [-0.15, -0.1) is 0 Å². The van der Waals surface area contributed by atoms with Crippen molar-refractivity contribution in [2.45, 2.75) is 6.54 Å². The van der Waals surface area contributed by atoms with Crippen LogP contribution in [0.2, 0.25) is 0 Å². The number of esters is 2. The summed E-state index contributed by atoms with van der Waals surface area (Å²) < 4.78 is 9.18. The predicted molar refractivity (Wildman–Crippen MR) is 74.3 cm³/mol. The molecule has 114 valence electrons. The molecule has 1 aromatic carbocycles. The van der Waals surface area contributed by atoms with E-state index in [0.29, 0.717) is 12.1 Å². The number of carbonyl (C=O) groups is 3. The molecule has 0 aliphatic rings. The molecule has 0 unspecified atom stereocenters. The van der Waals surface area contributed by atoms with Crippen LogP contribution in [-0.2, 0) is 25.6 Å². The highest BCUT2D eigenvalue weighted by Crippen LogP contribution is 2.08. The Kier molecular flexibility index (Phi) is 6.35. The summed E-state index contributed by atoms with van der Waals surface area (Å²) >= 11 is 0. The van der Waals surface area contributed by atoms with Crippen molar-refractivity contribution in [3.63, 3.8) is 0 Å². The molecule has 0 heterocycles. The quantitative estimate of drug-likeness (QED) is 0.707. The second kappa shape index (κ2) is 8.01. The lowest BCUT2D eigenvalue weighted by Gasteiger charge is -2.19. The molecule has 0 radical (unpaired) electrons. The van der Waals surface area contributed by atoms with Crippen molar-refractivity contribution >= 4 is 17.8 Å². The van der Waals surface area contributed by atoms with E-state index in [1.807, 2.05) is 0 Å². The van der Waals surface area contributed by atoms with Gasteiger partial charge in [-0.25, -0.2) is 0 Å². The van der Waals surface area contributed by atoms with Gasteiger partial charge in [0.15, 0.2) is 0 Å². The van der Waals surface area contributed by atoms with Crippen LogP contribution in [0.5, 0.6) is 0 Å². The summed E-state index contributed by atoms with van der Waals surface area (Å²) in [5, 5.41) is 0. The Bertz CT molecular complexity index is 495. The predicted octanol–water partition coefficient (Wildman–Crippen LogP) is -0.0665. The Morgan fingerprint density at radius 1 is 1.00 bits per heavy atom. The number of rotatable bonds is 7. The summed E-state index contributed by atoms with van der Waals surface area (Å²) in [5.41, 5.74) is 6.38. The molecule has 0 spiro atoms. The normalized spacial score (nSPS) is 10.2. The largest absolute Gasteiger partial charge is 0.468 e. The van der Waals surface area contributed by atoms with Gasteiger partial charge in [-0.3, -0.25) is 19.3 Å². The fraction of sp³-hybridized carbons (Fsp3) is 0.357. The standard InChI is InChI=1S/C14H18N2O5/c1-20-12(17)8-16(9-13(18)21-2)7-10-3-5-11(6-4-10)14(15)19/h3-6H,7-9H2,1-2H3,(H2,15,19). The zero-order chi connectivity index (χ0) is 15.8. The molecule has 0 bridgehead atoms. The van der Waals surface area contributed by atoms with E-state index in [9.17, 15) is 14.4 Å². The van der Waals surface area contributed by atoms with Crippen molar-refractivity contribution in [2.75, 3.05) is 27.3 Å². The Balaban J connectivity index is 2.76. The molecule has 0 fully saturated rings. The lowest BCUT2D eigenvalue weighted by atomic mass is 10.1. The van der Waals surface area contributed by atoms with Crippen LogP contribution in [0, 0.1) is 0 Å². The summed E-state index contributed by atoms with van der Waals surface area (Å²) in [7, 11) is 2.56. The van der Waals surface area contributed by atoms with Gasteiger partial charge in [0, 0.05) is 12.1 Å². The van der Waals surface area contributed by atoms with Gasteiger partial charge in [0.2, 0.25) is 5.91 Å². The van der Waals surface area contributed by atoms with Crippen LogP contribution in [0.3, 0.4) is 0 Å². The molecule has 21 heavy (non-hydrogen) atoms. The molecule has 0 aliphatic carbocycles. The first-order valence-electron chi connectivity index (χ1n) is 6.21. The van der Waals surface area contributed by atoms with Crippen molar-refractivity contribution in [1.82, 2.24) is 4.90 Å². The van der Waals surface area contributed by atoms with E-state index in [1.54, 1.807) is 29.2 Å². The number of hydrogen-bond acceptors (Lipinski definition) is 6. The second-order valence-corrected chi connectivity index (χ2v) is 4.36. The van der Waals surface area contributed by atoms with E-state index in [2.05, 4.69) is 9.47 Å². The minimum Gasteiger partial charge on any atom is -0.468 e. The van der Waals surface area contributed by atoms with Crippen LogP contribution >= 0.6 is 0 Å². The molecular formula is C14H18N2O5. The molecule has 0 atom stereocenters. The molecule has 1 amide bonds. The number of ether oxygens (including phenoxy) is 2. The summed E-state index contributed by atoms with van der Waals surface area (Å²) in [6.45, 7) is 0.260. The van der Waals surface area contributed by atoms with E-state index in [1.165, 1.54) is 14.2 Å². The summed E-state index contributed by atoms with van der Waals surface area (Å²) in [6, 6.07) is 6.60. The number of nitrogens with two attached hydrogens (primary N) is 1. The second-order valence-electron chi connectivity index (χ2n) is 4.36. The van der Waals surface area contributed by atoms with Gasteiger partial charge >= 0.3 is 11.9 Å². The highest BCUT2D eigenvalue weighted by Gasteiger charge is 2.16. The van der Waals surface area contributed by atoms with Crippen LogP contribution in [-0.4, -0.2) is 50.1 Å². The number of primary amides is 1. The molecule has 1 rings (SSSR count). The minimum atomic E-state index is -0.512. The highest BCUT2D eigenvalue weighted by atomic mass is 16.5. The van der Waals surface area contributed by atoms with Gasteiger partial charge in [0.1, 0.15) is 0 Å². The van der Waals surface area contributed by atoms with Crippen molar-refractivity contribution in [2.24, 2.45) is 5.73 Å². The van der Waals surface area contributed by atoms with E-state index in [4.69, 9.17) is 5.73 Å². The van der Waals surface area contributed by atoms with E-state index in [0.717, 1.165) is 5.56 Å². The monoisotopic (exact) mass is 294 g/mol. The number of benzene rings is 1. The number of amides is 1. The number of nitrogens with zero attached hydrogens (tertiary/aromatic N) is 1. The molecule has 0 saturated heterocycles. The average molecular weight is 294 g/mol. The third-order valence-corrected chi connectivity index (χ3v) is 2.81. The summed E-state index contributed by atoms with van der Waals surface area (Å²) in [4.78, 5) is 35.3. The van der Waals surface area contributed by atoms with Gasteiger partial charge in [-0.05, 0) is 17.7 Å². The lowest BCUT2D eigenvalue weighted by molar-refractivity contribution is -0.145. The first-order chi connectivity index (χ1) is 9.96. The van der Waals surface area contributed by atoms with Gasteiger partial charge in [0.05, 0.1) is 27.3 Å². The Hall–Kier alpha value is -2.41. The van der Waals surface area contributed by atoms with Crippen LogP contribution < -0.4 is 5.73 Å². The van der Waals surface area contributed by atoms with Gasteiger partial charge in [-0.1, -0.05) is 12.1 Å². The molecular weight excluding hydrogens is 276 g/mol. The summed E-state index contributed by atoms with van der Waals surface area (Å²) in [5.74, 6) is -1.41. The summed E-state index contributed by atoms with van der Waals surface area (Å²) in [6.07, 6.45) is 0. The first kappa shape index (κ1) is 16.6. The SMILES string of the molecule is COC(=O)CN(CC(=O)OC)Cc1ccc(C(N)=O)cc1. The fourth-order valence-corrected chi connectivity index (χ4v) is 1.69. The molecule has 7 nitrogen and oxygen atoms in total. The zero-order valence-corrected chi connectivity index (χ0v) is 12.0. The maximum atomic E-state index is 11.3. The minimum absolute atomic E-state index is 0.0385. The van der Waals surface area contributed by atoms with Crippen LogP contribution in [0.25, 0.3) is 0 Å². The van der Waals surface area contributed by atoms with Gasteiger partial charge < -0.3 is 15.2 Å². The van der Waals surface area contributed by atoms with E-state index in [-0.39, 0.29) is 13.1 Å². The molecule has 7 heteroatoms. The number of methoxy groups -OCH3 is 2. The molecule has 2 N–H and O–H groups in total. The maximum Gasteiger partial charge on any atom is 0.319 e. The number of carbonyl (C=O) groups excluding carboxylic acids is 3. The molecule has 0 saturated carbocycles. The third-order valence-electron chi connectivity index (χ3n) is 2.81. The number of hydrogen-bond donors (Lipinski definition) is 1. The highest BCUT2D eigenvalue weighted by molar-refractivity contribution is 5.92.